The lowest BCUT2D eigenvalue weighted by Crippen LogP contribution is -2.23. The van der Waals surface area contributed by atoms with Crippen molar-refractivity contribution in [3.8, 4) is 5.75 Å². The Labute approximate surface area is 108 Å². The van der Waals surface area contributed by atoms with Crippen LogP contribution in [-0.4, -0.2) is 18.1 Å². The highest BCUT2D eigenvalue weighted by molar-refractivity contribution is 5.17. The molecule has 1 atom stereocenters. The van der Waals surface area contributed by atoms with E-state index in [9.17, 15) is 0 Å². The molecule has 0 spiro atoms. The molecule has 94 valence electrons. The maximum Gasteiger partial charge on any atom is 0.137 e. The molecule has 1 unspecified atom stereocenters. The van der Waals surface area contributed by atoms with Crippen molar-refractivity contribution >= 4 is 0 Å². The van der Waals surface area contributed by atoms with Gasteiger partial charge in [0.1, 0.15) is 5.75 Å². The third kappa shape index (κ3) is 3.86. The van der Waals surface area contributed by atoms with Crippen molar-refractivity contribution in [2.75, 3.05) is 13.2 Å². The molecule has 0 bridgehead atoms. The number of aromatic nitrogens is 1. The molecule has 2 N–H and O–H groups in total. The smallest absolute Gasteiger partial charge is 0.137 e. The van der Waals surface area contributed by atoms with Crippen LogP contribution in [0.15, 0.2) is 54.9 Å². The molecular weight excluding hydrogens is 224 g/mol. The standard InChI is InChI=1S/C15H18N2O/c16-10-14(9-13-5-2-1-3-6-13)12-18-15-7-4-8-17-11-15/h1-8,11,14H,9-10,12,16H2. The minimum atomic E-state index is 0.326. The molecule has 18 heavy (non-hydrogen) atoms. The second kappa shape index (κ2) is 6.77. The third-order valence-corrected chi connectivity index (χ3v) is 2.82. The molecule has 0 aliphatic rings. The number of hydrogen-bond acceptors (Lipinski definition) is 3. The molecule has 1 heterocycles. The van der Waals surface area contributed by atoms with Crippen LogP contribution in [0.2, 0.25) is 0 Å². The van der Waals surface area contributed by atoms with E-state index in [1.165, 1.54) is 5.56 Å². The van der Waals surface area contributed by atoms with Gasteiger partial charge in [0.25, 0.3) is 0 Å². The maximum atomic E-state index is 5.79. The summed E-state index contributed by atoms with van der Waals surface area (Å²) >= 11 is 0. The summed E-state index contributed by atoms with van der Waals surface area (Å²) in [6.07, 6.45) is 4.39. The van der Waals surface area contributed by atoms with Crippen LogP contribution in [0.5, 0.6) is 5.75 Å². The first-order valence-electron chi connectivity index (χ1n) is 6.15. The number of ether oxygens (including phenoxy) is 1. The minimum Gasteiger partial charge on any atom is -0.492 e. The summed E-state index contributed by atoms with van der Waals surface area (Å²) in [6, 6.07) is 14.1. The zero-order chi connectivity index (χ0) is 12.6. The predicted octanol–water partition coefficient (Wildman–Crippen LogP) is 2.28. The van der Waals surface area contributed by atoms with Crippen LogP contribution >= 0.6 is 0 Å². The van der Waals surface area contributed by atoms with E-state index < -0.39 is 0 Å². The fraction of sp³-hybridized carbons (Fsp3) is 0.267. The van der Waals surface area contributed by atoms with E-state index in [1.54, 1.807) is 12.4 Å². The number of hydrogen-bond donors (Lipinski definition) is 1. The van der Waals surface area contributed by atoms with Crippen molar-refractivity contribution in [2.45, 2.75) is 6.42 Å². The van der Waals surface area contributed by atoms with Crippen LogP contribution in [0.25, 0.3) is 0 Å². The molecule has 0 amide bonds. The number of benzene rings is 1. The van der Waals surface area contributed by atoms with Crippen LogP contribution in [-0.2, 0) is 6.42 Å². The average Bonchev–Trinajstić information content (AvgIpc) is 2.45. The summed E-state index contributed by atoms with van der Waals surface area (Å²) in [5.41, 5.74) is 7.08. The van der Waals surface area contributed by atoms with E-state index in [0.29, 0.717) is 19.1 Å². The molecule has 3 nitrogen and oxygen atoms in total. The fourth-order valence-corrected chi connectivity index (χ4v) is 1.80. The molecule has 1 aromatic carbocycles. The summed E-state index contributed by atoms with van der Waals surface area (Å²) in [5.74, 6) is 1.12. The van der Waals surface area contributed by atoms with E-state index in [4.69, 9.17) is 10.5 Å². The van der Waals surface area contributed by atoms with Crippen molar-refractivity contribution in [3.05, 3.63) is 60.4 Å². The van der Waals surface area contributed by atoms with Gasteiger partial charge in [-0.05, 0) is 30.7 Å². The van der Waals surface area contributed by atoms with Gasteiger partial charge in [-0.25, -0.2) is 0 Å². The average molecular weight is 242 g/mol. The summed E-state index contributed by atoms with van der Waals surface area (Å²) in [4.78, 5) is 4.02. The number of pyridine rings is 1. The monoisotopic (exact) mass is 242 g/mol. The lowest BCUT2D eigenvalue weighted by Gasteiger charge is -2.15. The van der Waals surface area contributed by atoms with E-state index in [2.05, 4.69) is 17.1 Å². The molecule has 0 saturated heterocycles. The van der Waals surface area contributed by atoms with Crippen molar-refractivity contribution < 1.29 is 4.74 Å². The lowest BCUT2D eigenvalue weighted by molar-refractivity contribution is 0.251. The minimum absolute atomic E-state index is 0.326. The maximum absolute atomic E-state index is 5.79. The SMILES string of the molecule is NCC(COc1cccnc1)Cc1ccccc1. The van der Waals surface area contributed by atoms with E-state index in [0.717, 1.165) is 12.2 Å². The third-order valence-electron chi connectivity index (χ3n) is 2.82. The molecule has 0 aliphatic carbocycles. The molecule has 0 saturated carbocycles. The molecule has 0 aliphatic heterocycles. The second-order valence-electron chi connectivity index (χ2n) is 4.29. The topological polar surface area (TPSA) is 48.1 Å². The van der Waals surface area contributed by atoms with Gasteiger partial charge in [-0.2, -0.15) is 0 Å². The zero-order valence-corrected chi connectivity index (χ0v) is 10.3. The molecule has 1 aromatic heterocycles. The summed E-state index contributed by atoms with van der Waals surface area (Å²) in [7, 11) is 0. The van der Waals surface area contributed by atoms with Gasteiger partial charge in [-0.15, -0.1) is 0 Å². The predicted molar refractivity (Wildman–Crippen MR) is 72.4 cm³/mol. The molecule has 0 radical (unpaired) electrons. The van der Waals surface area contributed by atoms with Gasteiger partial charge in [0.05, 0.1) is 12.8 Å². The quantitative estimate of drug-likeness (QED) is 0.845. The van der Waals surface area contributed by atoms with Crippen LogP contribution < -0.4 is 10.5 Å². The first kappa shape index (κ1) is 12.6. The Bertz CT molecular complexity index is 445. The Hall–Kier alpha value is -1.87. The van der Waals surface area contributed by atoms with Gasteiger partial charge in [-0.3, -0.25) is 4.98 Å². The Morgan fingerprint density at radius 3 is 2.61 bits per heavy atom. The van der Waals surface area contributed by atoms with Gasteiger partial charge in [0.15, 0.2) is 0 Å². The Morgan fingerprint density at radius 1 is 1.11 bits per heavy atom. The van der Waals surface area contributed by atoms with Crippen LogP contribution in [0.4, 0.5) is 0 Å². The van der Waals surface area contributed by atoms with Gasteiger partial charge in [0.2, 0.25) is 0 Å². The van der Waals surface area contributed by atoms with Crippen molar-refractivity contribution in [3.63, 3.8) is 0 Å². The number of nitrogens with two attached hydrogens (primary N) is 1. The molecular formula is C15H18N2O. The van der Waals surface area contributed by atoms with Crippen LogP contribution in [0.3, 0.4) is 0 Å². The van der Waals surface area contributed by atoms with Crippen molar-refractivity contribution in [1.29, 1.82) is 0 Å². The van der Waals surface area contributed by atoms with Gasteiger partial charge >= 0.3 is 0 Å². The normalized spacial score (nSPS) is 12.1. The second-order valence-corrected chi connectivity index (χ2v) is 4.29. The molecule has 2 aromatic rings. The fourth-order valence-electron chi connectivity index (χ4n) is 1.80. The number of nitrogens with zero attached hydrogens (tertiary/aromatic N) is 1. The summed E-state index contributed by atoms with van der Waals surface area (Å²) in [6.45, 7) is 1.24. The zero-order valence-electron chi connectivity index (χ0n) is 10.3. The largest absolute Gasteiger partial charge is 0.492 e. The first-order chi connectivity index (χ1) is 8.88. The first-order valence-corrected chi connectivity index (χ1v) is 6.15. The van der Waals surface area contributed by atoms with Gasteiger partial charge in [-0.1, -0.05) is 30.3 Å². The van der Waals surface area contributed by atoms with E-state index >= 15 is 0 Å². The Balaban J connectivity index is 1.86. The van der Waals surface area contributed by atoms with E-state index in [-0.39, 0.29) is 0 Å². The lowest BCUT2D eigenvalue weighted by atomic mass is 10.0. The molecule has 0 fully saturated rings. The van der Waals surface area contributed by atoms with E-state index in [1.807, 2.05) is 30.3 Å². The van der Waals surface area contributed by atoms with Crippen molar-refractivity contribution in [1.82, 2.24) is 4.98 Å². The van der Waals surface area contributed by atoms with Crippen LogP contribution in [0, 0.1) is 5.92 Å². The van der Waals surface area contributed by atoms with Crippen LogP contribution in [0.1, 0.15) is 5.56 Å². The Morgan fingerprint density at radius 2 is 1.94 bits per heavy atom. The molecule has 3 heteroatoms. The van der Waals surface area contributed by atoms with Gasteiger partial charge in [0, 0.05) is 12.1 Å². The highest BCUT2D eigenvalue weighted by Crippen LogP contribution is 2.11. The summed E-state index contributed by atoms with van der Waals surface area (Å²) in [5, 5.41) is 0. The Kier molecular flexibility index (Phi) is 4.73. The highest BCUT2D eigenvalue weighted by atomic mass is 16.5. The highest BCUT2D eigenvalue weighted by Gasteiger charge is 2.08. The van der Waals surface area contributed by atoms with Crippen molar-refractivity contribution in [2.24, 2.45) is 11.7 Å². The summed E-state index contributed by atoms with van der Waals surface area (Å²) < 4.78 is 5.69. The van der Waals surface area contributed by atoms with Gasteiger partial charge < -0.3 is 10.5 Å². The number of rotatable bonds is 6. The molecule has 2 rings (SSSR count).